The molecular formula is C17H18N2O5. The largest absolute Gasteiger partial charge is 0.497 e. The highest BCUT2D eigenvalue weighted by molar-refractivity contribution is 5.97. The molecule has 0 aliphatic rings. The molecule has 0 saturated heterocycles. The van der Waals surface area contributed by atoms with Gasteiger partial charge in [-0.05, 0) is 19.1 Å². The Kier molecular flexibility index (Phi) is 5.73. The molecular weight excluding hydrogens is 312 g/mol. The van der Waals surface area contributed by atoms with E-state index in [9.17, 15) is 9.59 Å². The molecule has 7 nitrogen and oxygen atoms in total. The van der Waals surface area contributed by atoms with Crippen LogP contribution in [0, 0.1) is 0 Å². The number of amides is 1. The maximum Gasteiger partial charge on any atom is 0.340 e. The molecule has 126 valence electrons. The Bertz CT molecular complexity index is 696. The predicted octanol–water partition coefficient (Wildman–Crippen LogP) is 2.28. The van der Waals surface area contributed by atoms with Gasteiger partial charge in [-0.2, -0.15) is 0 Å². The molecule has 0 radical (unpaired) electrons. The normalized spacial score (nSPS) is 11.3. The standard InChI is InChI=1S/C17H18N2O5/c1-11(24-17(21)12-5-4-6-18-10-12)16(20)19-13-7-14(22-2)9-15(8-13)23-3/h4-11H,1-3H3,(H,19,20). The molecule has 1 unspecified atom stereocenters. The van der Waals surface area contributed by atoms with Gasteiger partial charge < -0.3 is 19.5 Å². The number of anilines is 1. The lowest BCUT2D eigenvalue weighted by Gasteiger charge is -2.14. The van der Waals surface area contributed by atoms with Crippen LogP contribution in [0.5, 0.6) is 11.5 Å². The fourth-order valence-electron chi connectivity index (χ4n) is 1.89. The van der Waals surface area contributed by atoms with Crippen LogP contribution in [-0.4, -0.2) is 37.2 Å². The van der Waals surface area contributed by atoms with Crippen LogP contribution in [0.4, 0.5) is 5.69 Å². The van der Waals surface area contributed by atoms with Crippen LogP contribution in [0.1, 0.15) is 17.3 Å². The summed E-state index contributed by atoms with van der Waals surface area (Å²) in [5.74, 6) is -0.0224. The summed E-state index contributed by atoms with van der Waals surface area (Å²) < 4.78 is 15.4. The zero-order chi connectivity index (χ0) is 17.5. The first kappa shape index (κ1) is 17.3. The van der Waals surface area contributed by atoms with Gasteiger partial charge in [0.25, 0.3) is 5.91 Å². The van der Waals surface area contributed by atoms with E-state index in [1.54, 1.807) is 36.5 Å². The molecule has 1 aromatic heterocycles. The van der Waals surface area contributed by atoms with Crippen molar-refractivity contribution in [1.29, 1.82) is 0 Å². The second kappa shape index (κ2) is 7.96. The number of nitrogens with one attached hydrogen (secondary N) is 1. The minimum Gasteiger partial charge on any atom is -0.497 e. The Morgan fingerprint density at radius 3 is 2.33 bits per heavy atom. The fourth-order valence-corrected chi connectivity index (χ4v) is 1.89. The molecule has 0 fully saturated rings. The topological polar surface area (TPSA) is 86.8 Å². The minimum absolute atomic E-state index is 0.278. The van der Waals surface area contributed by atoms with Crippen molar-refractivity contribution in [3.8, 4) is 11.5 Å². The van der Waals surface area contributed by atoms with E-state index in [4.69, 9.17) is 14.2 Å². The van der Waals surface area contributed by atoms with Gasteiger partial charge in [-0.1, -0.05) is 0 Å². The van der Waals surface area contributed by atoms with Crippen LogP contribution in [0.25, 0.3) is 0 Å². The number of rotatable bonds is 6. The summed E-state index contributed by atoms with van der Waals surface area (Å²) in [5, 5.41) is 2.66. The third-order valence-electron chi connectivity index (χ3n) is 3.17. The average molecular weight is 330 g/mol. The Labute approximate surface area is 139 Å². The van der Waals surface area contributed by atoms with Crippen LogP contribution in [-0.2, 0) is 9.53 Å². The summed E-state index contributed by atoms with van der Waals surface area (Å²) in [5.41, 5.74) is 0.751. The van der Waals surface area contributed by atoms with Gasteiger partial charge >= 0.3 is 5.97 Å². The summed E-state index contributed by atoms with van der Waals surface area (Å²) in [6.07, 6.45) is 1.94. The number of hydrogen-bond donors (Lipinski definition) is 1. The number of benzene rings is 1. The molecule has 0 bridgehead atoms. The lowest BCUT2D eigenvalue weighted by molar-refractivity contribution is -0.123. The number of aromatic nitrogens is 1. The van der Waals surface area contributed by atoms with E-state index in [1.165, 1.54) is 27.3 Å². The van der Waals surface area contributed by atoms with Crippen LogP contribution >= 0.6 is 0 Å². The Morgan fingerprint density at radius 2 is 1.79 bits per heavy atom. The summed E-state index contributed by atoms with van der Waals surface area (Å²) in [6, 6.07) is 8.13. The summed E-state index contributed by atoms with van der Waals surface area (Å²) in [4.78, 5) is 28.0. The number of carbonyl (C=O) groups is 2. The minimum atomic E-state index is -0.977. The van der Waals surface area contributed by atoms with Crippen molar-refractivity contribution in [2.45, 2.75) is 13.0 Å². The number of carbonyl (C=O) groups excluding carboxylic acids is 2. The third-order valence-corrected chi connectivity index (χ3v) is 3.17. The van der Waals surface area contributed by atoms with Crippen molar-refractivity contribution in [3.63, 3.8) is 0 Å². The Morgan fingerprint density at radius 1 is 1.12 bits per heavy atom. The van der Waals surface area contributed by atoms with Gasteiger partial charge in [-0.3, -0.25) is 9.78 Å². The van der Waals surface area contributed by atoms with Crippen molar-refractivity contribution >= 4 is 17.6 Å². The van der Waals surface area contributed by atoms with E-state index in [2.05, 4.69) is 10.3 Å². The van der Waals surface area contributed by atoms with Crippen molar-refractivity contribution in [2.75, 3.05) is 19.5 Å². The fraction of sp³-hybridized carbons (Fsp3) is 0.235. The third kappa shape index (κ3) is 4.45. The molecule has 0 spiro atoms. The number of esters is 1. The highest BCUT2D eigenvalue weighted by Gasteiger charge is 2.19. The predicted molar refractivity (Wildman–Crippen MR) is 87.3 cm³/mol. The van der Waals surface area contributed by atoms with E-state index in [1.807, 2.05) is 0 Å². The van der Waals surface area contributed by atoms with Crippen molar-refractivity contribution in [2.24, 2.45) is 0 Å². The van der Waals surface area contributed by atoms with Crippen LogP contribution in [0.3, 0.4) is 0 Å². The highest BCUT2D eigenvalue weighted by atomic mass is 16.5. The van der Waals surface area contributed by atoms with E-state index in [0.717, 1.165) is 0 Å². The second-order valence-corrected chi connectivity index (χ2v) is 4.88. The molecule has 2 aromatic rings. The molecule has 7 heteroatoms. The van der Waals surface area contributed by atoms with Crippen LogP contribution in [0.15, 0.2) is 42.7 Å². The first-order valence-corrected chi connectivity index (χ1v) is 7.18. The van der Waals surface area contributed by atoms with Gasteiger partial charge in [-0.15, -0.1) is 0 Å². The van der Waals surface area contributed by atoms with Gasteiger partial charge in [-0.25, -0.2) is 4.79 Å². The zero-order valence-electron chi connectivity index (χ0n) is 13.6. The number of hydrogen-bond acceptors (Lipinski definition) is 6. The van der Waals surface area contributed by atoms with Crippen molar-refractivity contribution in [1.82, 2.24) is 4.98 Å². The summed E-state index contributed by atoms with van der Waals surface area (Å²) >= 11 is 0. The van der Waals surface area contributed by atoms with E-state index >= 15 is 0 Å². The van der Waals surface area contributed by atoms with Crippen molar-refractivity contribution in [3.05, 3.63) is 48.3 Å². The number of nitrogens with zero attached hydrogens (tertiary/aromatic N) is 1. The summed E-state index contributed by atoms with van der Waals surface area (Å²) in [6.45, 7) is 1.49. The molecule has 0 aliphatic heterocycles. The smallest absolute Gasteiger partial charge is 0.340 e. The molecule has 1 amide bonds. The Balaban J connectivity index is 2.02. The van der Waals surface area contributed by atoms with E-state index in [0.29, 0.717) is 17.2 Å². The molecule has 1 atom stereocenters. The first-order chi connectivity index (χ1) is 11.5. The first-order valence-electron chi connectivity index (χ1n) is 7.18. The maximum absolute atomic E-state index is 12.2. The highest BCUT2D eigenvalue weighted by Crippen LogP contribution is 2.25. The molecule has 1 aromatic carbocycles. The molecule has 0 saturated carbocycles. The number of ether oxygens (including phenoxy) is 3. The van der Waals surface area contributed by atoms with Gasteiger partial charge in [0.2, 0.25) is 0 Å². The number of pyridine rings is 1. The monoisotopic (exact) mass is 330 g/mol. The van der Waals surface area contributed by atoms with Gasteiger partial charge in [0.15, 0.2) is 6.10 Å². The van der Waals surface area contributed by atoms with Gasteiger partial charge in [0.05, 0.1) is 19.8 Å². The summed E-state index contributed by atoms with van der Waals surface area (Å²) in [7, 11) is 3.03. The molecule has 2 rings (SSSR count). The lowest BCUT2D eigenvalue weighted by Crippen LogP contribution is -2.30. The van der Waals surface area contributed by atoms with Gasteiger partial charge in [0.1, 0.15) is 11.5 Å². The van der Waals surface area contributed by atoms with E-state index < -0.39 is 18.0 Å². The van der Waals surface area contributed by atoms with Crippen molar-refractivity contribution < 1.29 is 23.8 Å². The van der Waals surface area contributed by atoms with Gasteiger partial charge in [0, 0.05) is 36.3 Å². The lowest BCUT2D eigenvalue weighted by atomic mass is 10.2. The van der Waals surface area contributed by atoms with Crippen LogP contribution in [0.2, 0.25) is 0 Å². The zero-order valence-corrected chi connectivity index (χ0v) is 13.6. The molecule has 24 heavy (non-hydrogen) atoms. The number of methoxy groups -OCH3 is 2. The van der Waals surface area contributed by atoms with E-state index in [-0.39, 0.29) is 5.56 Å². The second-order valence-electron chi connectivity index (χ2n) is 4.88. The quantitative estimate of drug-likeness (QED) is 0.818. The van der Waals surface area contributed by atoms with Crippen LogP contribution < -0.4 is 14.8 Å². The molecule has 1 N–H and O–H groups in total. The average Bonchev–Trinajstić information content (AvgIpc) is 2.61. The Hall–Kier alpha value is -3.09. The maximum atomic E-state index is 12.2. The molecule has 1 heterocycles. The SMILES string of the molecule is COc1cc(NC(=O)C(C)OC(=O)c2cccnc2)cc(OC)c1. The molecule has 0 aliphatic carbocycles.